The summed E-state index contributed by atoms with van der Waals surface area (Å²) in [5.41, 5.74) is 1.53. The van der Waals surface area contributed by atoms with Gasteiger partial charge in [-0.15, -0.1) is 21.5 Å². The SMILES string of the molecule is COC(=O)CSc1nnc2n(-c3ccc(OC)cc3)c(=O)c3c4c(sc3n12)COC(C(C)C)C4. The summed E-state index contributed by atoms with van der Waals surface area (Å²) in [5.74, 6) is 1.13. The quantitative estimate of drug-likeness (QED) is 0.293. The molecule has 3 aromatic heterocycles. The van der Waals surface area contributed by atoms with Crippen LogP contribution in [0, 0.1) is 5.92 Å². The van der Waals surface area contributed by atoms with Crippen LogP contribution in [0.2, 0.25) is 0 Å². The fourth-order valence-electron chi connectivity index (χ4n) is 4.11. The van der Waals surface area contributed by atoms with E-state index in [9.17, 15) is 9.59 Å². The van der Waals surface area contributed by atoms with E-state index in [1.165, 1.54) is 30.2 Å². The minimum Gasteiger partial charge on any atom is -0.497 e. The van der Waals surface area contributed by atoms with Gasteiger partial charge in [0.15, 0.2) is 5.16 Å². The minimum absolute atomic E-state index is 0.0453. The third-order valence-electron chi connectivity index (χ3n) is 5.96. The van der Waals surface area contributed by atoms with Gasteiger partial charge in [-0.3, -0.25) is 9.59 Å². The van der Waals surface area contributed by atoms with Crippen LogP contribution in [-0.2, 0) is 27.3 Å². The third-order valence-corrected chi connectivity index (χ3v) is 8.06. The zero-order chi connectivity index (χ0) is 24.0. The van der Waals surface area contributed by atoms with Crippen LogP contribution in [0.15, 0.2) is 34.2 Å². The maximum absolute atomic E-state index is 14.0. The highest BCUT2D eigenvalue weighted by Gasteiger charge is 2.30. The number of esters is 1. The first-order valence-electron chi connectivity index (χ1n) is 10.8. The second-order valence-corrected chi connectivity index (χ2v) is 10.3. The Labute approximate surface area is 203 Å². The molecule has 4 heterocycles. The summed E-state index contributed by atoms with van der Waals surface area (Å²) in [6.45, 7) is 4.71. The zero-order valence-corrected chi connectivity index (χ0v) is 20.9. The molecule has 1 atom stereocenters. The van der Waals surface area contributed by atoms with Gasteiger partial charge in [-0.25, -0.2) is 8.97 Å². The molecule has 0 saturated heterocycles. The number of ether oxygens (including phenoxy) is 3. The van der Waals surface area contributed by atoms with Crippen molar-refractivity contribution in [2.45, 2.75) is 38.1 Å². The van der Waals surface area contributed by atoms with E-state index in [-0.39, 0.29) is 23.4 Å². The molecule has 0 bridgehead atoms. The van der Waals surface area contributed by atoms with E-state index in [1.54, 1.807) is 23.8 Å². The van der Waals surface area contributed by atoms with Crippen molar-refractivity contribution >= 4 is 45.1 Å². The maximum Gasteiger partial charge on any atom is 0.316 e. The number of hydrogen-bond acceptors (Lipinski definition) is 9. The molecule has 4 aromatic rings. The lowest BCUT2D eigenvalue weighted by molar-refractivity contribution is -0.137. The Balaban J connectivity index is 1.78. The van der Waals surface area contributed by atoms with E-state index in [4.69, 9.17) is 14.2 Å². The highest BCUT2D eigenvalue weighted by atomic mass is 32.2. The van der Waals surface area contributed by atoms with Gasteiger partial charge < -0.3 is 14.2 Å². The van der Waals surface area contributed by atoms with Crippen molar-refractivity contribution in [3.05, 3.63) is 45.1 Å². The van der Waals surface area contributed by atoms with Gasteiger partial charge in [-0.05, 0) is 35.7 Å². The van der Waals surface area contributed by atoms with Gasteiger partial charge in [0.25, 0.3) is 5.56 Å². The van der Waals surface area contributed by atoms with Gasteiger partial charge in [0, 0.05) is 11.3 Å². The zero-order valence-electron chi connectivity index (χ0n) is 19.2. The fraction of sp³-hybridized carbons (Fsp3) is 0.391. The molecule has 0 aliphatic carbocycles. The Hall–Kier alpha value is -2.89. The number of nitrogens with zero attached hydrogens (tertiary/aromatic N) is 4. The second kappa shape index (κ2) is 9.05. The molecule has 178 valence electrons. The van der Waals surface area contributed by atoms with Crippen molar-refractivity contribution in [1.29, 1.82) is 0 Å². The number of carbonyl (C=O) groups excluding carboxylic acids is 1. The Morgan fingerprint density at radius 1 is 1.26 bits per heavy atom. The normalized spacial score (nSPS) is 15.7. The molecule has 0 fully saturated rings. The fourth-order valence-corrected chi connectivity index (χ4v) is 6.17. The van der Waals surface area contributed by atoms with Crippen molar-refractivity contribution in [1.82, 2.24) is 19.2 Å². The number of carbonyl (C=O) groups is 1. The number of thioether (sulfide) groups is 1. The molecule has 1 unspecified atom stereocenters. The third kappa shape index (κ3) is 3.77. The maximum atomic E-state index is 14.0. The summed E-state index contributed by atoms with van der Waals surface area (Å²) in [6, 6.07) is 7.25. The van der Waals surface area contributed by atoms with Crippen LogP contribution in [0.25, 0.3) is 21.7 Å². The predicted octanol–water partition coefficient (Wildman–Crippen LogP) is 3.47. The van der Waals surface area contributed by atoms with Crippen LogP contribution in [0.3, 0.4) is 0 Å². The molecular formula is C23H24N4O5S2. The predicted molar refractivity (Wildman–Crippen MR) is 130 cm³/mol. The summed E-state index contributed by atoms with van der Waals surface area (Å²) >= 11 is 2.75. The Morgan fingerprint density at radius 3 is 2.71 bits per heavy atom. The number of benzene rings is 1. The average Bonchev–Trinajstić information content (AvgIpc) is 3.44. The van der Waals surface area contributed by atoms with Gasteiger partial charge in [0.2, 0.25) is 5.78 Å². The van der Waals surface area contributed by atoms with Gasteiger partial charge >= 0.3 is 5.97 Å². The summed E-state index contributed by atoms with van der Waals surface area (Å²) < 4.78 is 19.6. The average molecular weight is 501 g/mol. The van der Waals surface area contributed by atoms with Crippen LogP contribution in [0.1, 0.15) is 24.3 Å². The van der Waals surface area contributed by atoms with Crippen LogP contribution in [0.5, 0.6) is 5.75 Å². The molecule has 1 aliphatic heterocycles. The number of fused-ring (bicyclic) bond motifs is 5. The molecule has 0 radical (unpaired) electrons. The first-order chi connectivity index (χ1) is 16.4. The molecule has 0 amide bonds. The van der Waals surface area contributed by atoms with E-state index in [0.717, 1.165) is 15.3 Å². The Morgan fingerprint density at radius 2 is 2.03 bits per heavy atom. The first kappa shape index (κ1) is 22.9. The first-order valence-corrected chi connectivity index (χ1v) is 12.6. The number of aromatic nitrogens is 4. The van der Waals surface area contributed by atoms with Crippen LogP contribution in [-0.4, -0.2) is 51.2 Å². The van der Waals surface area contributed by atoms with Gasteiger partial charge in [0.05, 0.1) is 43.8 Å². The van der Waals surface area contributed by atoms with E-state index in [1.807, 2.05) is 16.5 Å². The van der Waals surface area contributed by atoms with Crippen molar-refractivity contribution < 1.29 is 19.0 Å². The summed E-state index contributed by atoms with van der Waals surface area (Å²) in [7, 11) is 2.95. The second-order valence-electron chi connectivity index (χ2n) is 8.30. The number of thiophene rings is 1. The molecule has 9 nitrogen and oxygen atoms in total. The molecule has 0 N–H and O–H groups in total. The lowest BCUT2D eigenvalue weighted by Gasteiger charge is -2.26. The molecule has 1 aliphatic rings. The summed E-state index contributed by atoms with van der Waals surface area (Å²) in [5, 5.41) is 9.84. The van der Waals surface area contributed by atoms with Crippen molar-refractivity contribution in [3.63, 3.8) is 0 Å². The smallest absolute Gasteiger partial charge is 0.316 e. The molecule has 1 aromatic carbocycles. The van der Waals surface area contributed by atoms with Gasteiger partial charge in [-0.1, -0.05) is 25.6 Å². The summed E-state index contributed by atoms with van der Waals surface area (Å²) in [6.07, 6.45) is 0.715. The highest BCUT2D eigenvalue weighted by Crippen LogP contribution is 2.37. The molecule has 0 spiro atoms. The van der Waals surface area contributed by atoms with E-state index in [2.05, 4.69) is 24.0 Å². The van der Waals surface area contributed by atoms with E-state index >= 15 is 0 Å². The lowest BCUT2D eigenvalue weighted by atomic mass is 9.96. The molecule has 5 rings (SSSR count). The monoisotopic (exact) mass is 500 g/mol. The molecule has 34 heavy (non-hydrogen) atoms. The van der Waals surface area contributed by atoms with Crippen molar-refractivity contribution in [2.75, 3.05) is 20.0 Å². The summed E-state index contributed by atoms with van der Waals surface area (Å²) in [4.78, 5) is 27.6. The standard InChI is InChI=1S/C23H24N4O5S2/c1-12(2)16-9-15-17(10-32-16)34-21-19(15)20(29)26(13-5-7-14(30-3)8-6-13)22-24-25-23(27(21)22)33-11-18(28)31-4/h5-8,12,16H,9-11H2,1-4H3. The lowest BCUT2D eigenvalue weighted by Crippen LogP contribution is -2.28. The minimum atomic E-state index is -0.361. The van der Waals surface area contributed by atoms with Crippen LogP contribution in [0.4, 0.5) is 0 Å². The Bertz CT molecular complexity index is 1440. The van der Waals surface area contributed by atoms with E-state index in [0.29, 0.717) is 46.7 Å². The van der Waals surface area contributed by atoms with Gasteiger partial charge in [-0.2, -0.15) is 0 Å². The topological polar surface area (TPSA) is 97.0 Å². The van der Waals surface area contributed by atoms with Crippen molar-refractivity contribution in [2.24, 2.45) is 5.92 Å². The van der Waals surface area contributed by atoms with Gasteiger partial charge in [0.1, 0.15) is 10.6 Å². The van der Waals surface area contributed by atoms with E-state index < -0.39 is 0 Å². The number of rotatable bonds is 6. The van der Waals surface area contributed by atoms with Crippen LogP contribution >= 0.6 is 23.1 Å². The Kier molecular flexibility index (Phi) is 6.09. The van der Waals surface area contributed by atoms with Crippen molar-refractivity contribution in [3.8, 4) is 11.4 Å². The highest BCUT2D eigenvalue weighted by molar-refractivity contribution is 7.99. The molecule has 11 heteroatoms. The molecule has 0 saturated carbocycles. The molecular weight excluding hydrogens is 476 g/mol. The van der Waals surface area contributed by atoms with Crippen LogP contribution < -0.4 is 10.3 Å². The largest absolute Gasteiger partial charge is 0.497 e. The number of methoxy groups -OCH3 is 2. The number of hydrogen-bond donors (Lipinski definition) is 0.